The van der Waals surface area contributed by atoms with E-state index in [4.69, 9.17) is 4.42 Å². The quantitative estimate of drug-likeness (QED) is 0.534. The Hall–Kier alpha value is -3.06. The van der Waals surface area contributed by atoms with Gasteiger partial charge >= 0.3 is 0 Å². The number of carbonyl (C=O) groups is 1. The van der Waals surface area contributed by atoms with Gasteiger partial charge in [-0.15, -0.1) is 0 Å². The van der Waals surface area contributed by atoms with Gasteiger partial charge in [0, 0.05) is 19.5 Å². The standard InChI is InChI=1S/C25H27F2N3O2/c1-29(16-18-8-10-20(26)11-9-18)17-24(31)30-12-3-2-7-23(30)25-28-15-22(32-25)14-19-5-4-6-21(27)13-19/h4-6,8-11,13,15,23H,2-3,7,12,14,16-17H2,1H3/t23-/m0/s1. The summed E-state index contributed by atoms with van der Waals surface area (Å²) in [5.74, 6) is 0.647. The minimum absolute atomic E-state index is 0.0178. The summed E-state index contributed by atoms with van der Waals surface area (Å²) in [6, 6.07) is 12.5. The lowest BCUT2D eigenvalue weighted by Gasteiger charge is -2.35. The molecule has 5 nitrogen and oxygen atoms in total. The summed E-state index contributed by atoms with van der Waals surface area (Å²) in [7, 11) is 1.88. The Morgan fingerprint density at radius 1 is 1.12 bits per heavy atom. The molecule has 32 heavy (non-hydrogen) atoms. The second kappa shape index (κ2) is 10.0. The summed E-state index contributed by atoms with van der Waals surface area (Å²) in [4.78, 5) is 21.3. The molecule has 0 unspecified atom stereocenters. The van der Waals surface area contributed by atoms with E-state index in [0.29, 0.717) is 31.2 Å². The average molecular weight is 440 g/mol. The van der Waals surface area contributed by atoms with Crippen molar-refractivity contribution in [3.8, 4) is 0 Å². The van der Waals surface area contributed by atoms with Gasteiger partial charge in [0.1, 0.15) is 23.4 Å². The van der Waals surface area contributed by atoms with E-state index in [1.165, 1.54) is 24.3 Å². The van der Waals surface area contributed by atoms with Gasteiger partial charge in [-0.1, -0.05) is 24.3 Å². The Bertz CT molecular complexity index is 1050. The second-order valence-electron chi connectivity index (χ2n) is 8.37. The van der Waals surface area contributed by atoms with Gasteiger partial charge in [-0.25, -0.2) is 13.8 Å². The molecule has 0 saturated carbocycles. The molecule has 3 aromatic rings. The Morgan fingerprint density at radius 3 is 2.72 bits per heavy atom. The van der Waals surface area contributed by atoms with Crippen molar-refractivity contribution in [3.63, 3.8) is 0 Å². The van der Waals surface area contributed by atoms with Crippen molar-refractivity contribution < 1.29 is 18.0 Å². The van der Waals surface area contributed by atoms with Crippen LogP contribution in [0.15, 0.2) is 59.1 Å². The molecule has 1 aliphatic heterocycles. The number of carbonyl (C=O) groups excluding carboxylic acids is 1. The number of hydrogen-bond acceptors (Lipinski definition) is 4. The lowest BCUT2D eigenvalue weighted by Crippen LogP contribution is -2.43. The second-order valence-corrected chi connectivity index (χ2v) is 8.37. The molecule has 2 heterocycles. The van der Waals surface area contributed by atoms with Crippen LogP contribution in [0.3, 0.4) is 0 Å². The highest BCUT2D eigenvalue weighted by atomic mass is 19.1. The molecule has 0 N–H and O–H groups in total. The first-order chi connectivity index (χ1) is 15.5. The maximum Gasteiger partial charge on any atom is 0.237 e. The predicted octanol–water partition coefficient (Wildman–Crippen LogP) is 4.73. The van der Waals surface area contributed by atoms with Gasteiger partial charge in [0.25, 0.3) is 0 Å². The molecule has 1 atom stereocenters. The lowest BCUT2D eigenvalue weighted by atomic mass is 10.0. The van der Waals surface area contributed by atoms with Gasteiger partial charge in [-0.3, -0.25) is 9.69 Å². The Morgan fingerprint density at radius 2 is 1.94 bits per heavy atom. The van der Waals surface area contributed by atoms with E-state index in [2.05, 4.69) is 4.98 Å². The fourth-order valence-corrected chi connectivity index (χ4v) is 4.17. The van der Waals surface area contributed by atoms with Gasteiger partial charge in [-0.2, -0.15) is 0 Å². The van der Waals surface area contributed by atoms with E-state index in [0.717, 1.165) is 30.4 Å². The molecular formula is C25H27F2N3O2. The molecule has 1 aliphatic rings. The number of piperidine rings is 1. The lowest BCUT2D eigenvalue weighted by molar-refractivity contribution is -0.136. The van der Waals surface area contributed by atoms with Crippen molar-refractivity contribution in [2.75, 3.05) is 20.1 Å². The first-order valence-electron chi connectivity index (χ1n) is 10.9. The number of nitrogens with zero attached hydrogens (tertiary/aromatic N) is 3. The van der Waals surface area contributed by atoms with Gasteiger partial charge in [-0.05, 0) is 61.7 Å². The van der Waals surface area contributed by atoms with Crippen LogP contribution >= 0.6 is 0 Å². The number of hydrogen-bond donors (Lipinski definition) is 0. The van der Waals surface area contributed by atoms with Crippen LogP contribution in [-0.4, -0.2) is 40.8 Å². The van der Waals surface area contributed by atoms with Gasteiger partial charge in [0.05, 0.1) is 12.7 Å². The average Bonchev–Trinajstić information content (AvgIpc) is 3.23. The first kappa shape index (κ1) is 22.1. The molecule has 0 radical (unpaired) electrons. The fourth-order valence-electron chi connectivity index (χ4n) is 4.17. The predicted molar refractivity (Wildman–Crippen MR) is 117 cm³/mol. The summed E-state index contributed by atoms with van der Waals surface area (Å²) in [6.45, 7) is 1.47. The van der Waals surface area contributed by atoms with Crippen LogP contribution in [0.25, 0.3) is 0 Å². The number of benzene rings is 2. The molecule has 4 rings (SSSR count). The third-order valence-electron chi connectivity index (χ3n) is 5.72. The summed E-state index contributed by atoms with van der Waals surface area (Å²) < 4.78 is 32.6. The molecular weight excluding hydrogens is 412 g/mol. The first-order valence-corrected chi connectivity index (χ1v) is 10.9. The number of likely N-dealkylation sites (tertiary alicyclic amines) is 1. The molecule has 168 valence electrons. The topological polar surface area (TPSA) is 49.6 Å². The van der Waals surface area contributed by atoms with Crippen LogP contribution in [0.1, 0.15) is 48.1 Å². The van der Waals surface area contributed by atoms with E-state index >= 15 is 0 Å². The summed E-state index contributed by atoms with van der Waals surface area (Å²) >= 11 is 0. The van der Waals surface area contributed by atoms with Crippen molar-refractivity contribution in [1.82, 2.24) is 14.8 Å². The zero-order chi connectivity index (χ0) is 22.5. The molecule has 1 aromatic heterocycles. The van der Waals surface area contributed by atoms with Crippen LogP contribution in [0.2, 0.25) is 0 Å². The van der Waals surface area contributed by atoms with E-state index in [1.54, 1.807) is 24.4 Å². The number of halogens is 2. The molecule has 1 saturated heterocycles. The zero-order valence-corrected chi connectivity index (χ0v) is 18.1. The van der Waals surface area contributed by atoms with Crippen LogP contribution in [0, 0.1) is 11.6 Å². The molecule has 7 heteroatoms. The monoisotopic (exact) mass is 439 g/mol. The normalized spacial score (nSPS) is 16.5. The number of oxazole rings is 1. The van der Waals surface area contributed by atoms with Crippen molar-refractivity contribution in [3.05, 3.63) is 89.1 Å². The molecule has 0 aliphatic carbocycles. The maximum absolute atomic E-state index is 13.5. The molecule has 1 fully saturated rings. The highest BCUT2D eigenvalue weighted by Crippen LogP contribution is 2.31. The fraction of sp³-hybridized carbons (Fsp3) is 0.360. The number of amides is 1. The molecule has 0 spiro atoms. The van der Waals surface area contributed by atoms with Gasteiger partial charge in [0.2, 0.25) is 11.8 Å². The van der Waals surface area contributed by atoms with Crippen LogP contribution in [0.5, 0.6) is 0 Å². The summed E-state index contributed by atoms with van der Waals surface area (Å²) in [5.41, 5.74) is 1.76. The van der Waals surface area contributed by atoms with Crippen LogP contribution < -0.4 is 0 Å². The maximum atomic E-state index is 13.5. The van der Waals surface area contributed by atoms with Crippen molar-refractivity contribution in [2.45, 2.75) is 38.3 Å². The largest absolute Gasteiger partial charge is 0.443 e. The zero-order valence-electron chi connectivity index (χ0n) is 18.1. The number of likely N-dealkylation sites (N-methyl/N-ethyl adjacent to an activating group) is 1. The minimum atomic E-state index is -0.281. The summed E-state index contributed by atoms with van der Waals surface area (Å²) in [5, 5.41) is 0. The molecule has 1 amide bonds. The van der Waals surface area contributed by atoms with Gasteiger partial charge in [0.15, 0.2) is 0 Å². The Balaban J connectivity index is 1.40. The van der Waals surface area contributed by atoms with E-state index in [-0.39, 0.29) is 30.1 Å². The van der Waals surface area contributed by atoms with Crippen molar-refractivity contribution in [2.24, 2.45) is 0 Å². The smallest absolute Gasteiger partial charge is 0.237 e. The Kier molecular flexibility index (Phi) is 6.95. The van der Waals surface area contributed by atoms with E-state index in [1.807, 2.05) is 22.9 Å². The Labute approximate surface area is 186 Å². The van der Waals surface area contributed by atoms with Crippen molar-refractivity contribution >= 4 is 5.91 Å². The summed E-state index contributed by atoms with van der Waals surface area (Å²) in [6.07, 6.45) is 4.86. The highest BCUT2D eigenvalue weighted by molar-refractivity contribution is 5.78. The van der Waals surface area contributed by atoms with E-state index in [9.17, 15) is 13.6 Å². The van der Waals surface area contributed by atoms with Crippen LogP contribution in [-0.2, 0) is 17.8 Å². The third kappa shape index (κ3) is 5.59. The number of aromatic nitrogens is 1. The third-order valence-corrected chi connectivity index (χ3v) is 5.72. The molecule has 2 aromatic carbocycles. The van der Waals surface area contributed by atoms with E-state index < -0.39 is 0 Å². The minimum Gasteiger partial charge on any atom is -0.443 e. The molecule has 0 bridgehead atoms. The highest BCUT2D eigenvalue weighted by Gasteiger charge is 2.31. The van der Waals surface area contributed by atoms with Crippen molar-refractivity contribution in [1.29, 1.82) is 0 Å². The number of rotatable bonds is 7. The van der Waals surface area contributed by atoms with Gasteiger partial charge < -0.3 is 9.32 Å². The SMILES string of the molecule is CN(CC(=O)N1CCCC[C@H]1c1ncc(Cc2cccc(F)c2)o1)Cc1ccc(F)cc1. The van der Waals surface area contributed by atoms with Crippen LogP contribution in [0.4, 0.5) is 8.78 Å².